The summed E-state index contributed by atoms with van der Waals surface area (Å²) in [5, 5.41) is 0. The molecule has 0 spiro atoms. The topological polar surface area (TPSA) is 51.9 Å². The molecule has 1 amide bonds. The lowest BCUT2D eigenvalue weighted by Crippen LogP contribution is -2.55. The van der Waals surface area contributed by atoms with E-state index in [9.17, 15) is 4.79 Å². The van der Waals surface area contributed by atoms with Crippen molar-refractivity contribution in [2.45, 2.75) is 38.9 Å². The molecule has 2 heterocycles. The van der Waals surface area contributed by atoms with Crippen LogP contribution < -0.4 is 0 Å². The summed E-state index contributed by atoms with van der Waals surface area (Å²) < 4.78 is 16.4. The smallest absolute Gasteiger partial charge is 0.257 e. The fraction of sp³-hybridized carbons (Fsp3) is 0.667. The van der Waals surface area contributed by atoms with Crippen LogP contribution >= 0.6 is 0 Å². The fourth-order valence-corrected chi connectivity index (χ4v) is 2.70. The standard InChI is InChI=1S/C15H23NO4/c1-5-13-12(6-7-19-13)14(17)16-8-11(9-18-4)20-15(2,3)10-16/h6-7,11H,5,8-10H2,1-4H3/t11-/m1/s1. The number of ether oxygens (including phenoxy) is 2. The molecule has 0 bridgehead atoms. The number of hydrogen-bond acceptors (Lipinski definition) is 4. The van der Waals surface area contributed by atoms with Crippen LogP contribution in [0.25, 0.3) is 0 Å². The number of amides is 1. The van der Waals surface area contributed by atoms with Gasteiger partial charge in [0.25, 0.3) is 5.91 Å². The Morgan fingerprint density at radius 2 is 2.30 bits per heavy atom. The van der Waals surface area contributed by atoms with Crippen molar-refractivity contribution in [1.29, 1.82) is 0 Å². The number of carbonyl (C=O) groups excluding carboxylic acids is 1. The maximum atomic E-state index is 12.6. The van der Waals surface area contributed by atoms with Crippen molar-refractivity contribution in [3.05, 3.63) is 23.7 Å². The lowest BCUT2D eigenvalue weighted by atomic mass is 10.0. The molecule has 0 radical (unpaired) electrons. The van der Waals surface area contributed by atoms with Crippen molar-refractivity contribution in [3.63, 3.8) is 0 Å². The molecule has 1 saturated heterocycles. The summed E-state index contributed by atoms with van der Waals surface area (Å²) in [6, 6.07) is 1.74. The van der Waals surface area contributed by atoms with E-state index in [0.29, 0.717) is 31.7 Å². The minimum Gasteiger partial charge on any atom is -0.469 e. The van der Waals surface area contributed by atoms with E-state index in [1.165, 1.54) is 0 Å². The predicted octanol–water partition coefficient (Wildman–Crippen LogP) is 2.11. The maximum Gasteiger partial charge on any atom is 0.257 e. The monoisotopic (exact) mass is 281 g/mol. The van der Waals surface area contributed by atoms with Gasteiger partial charge >= 0.3 is 0 Å². The van der Waals surface area contributed by atoms with Crippen molar-refractivity contribution in [2.24, 2.45) is 0 Å². The molecule has 0 aliphatic carbocycles. The first-order valence-corrected chi connectivity index (χ1v) is 6.99. The van der Waals surface area contributed by atoms with Crippen molar-refractivity contribution in [2.75, 3.05) is 26.8 Å². The largest absolute Gasteiger partial charge is 0.469 e. The third kappa shape index (κ3) is 3.22. The summed E-state index contributed by atoms with van der Waals surface area (Å²) in [7, 11) is 1.64. The molecular formula is C15H23NO4. The van der Waals surface area contributed by atoms with Crippen LogP contribution in [0.2, 0.25) is 0 Å². The van der Waals surface area contributed by atoms with Crippen molar-refractivity contribution < 1.29 is 18.7 Å². The normalized spacial score (nSPS) is 22.0. The third-order valence-electron chi connectivity index (χ3n) is 3.42. The molecule has 20 heavy (non-hydrogen) atoms. The molecule has 5 nitrogen and oxygen atoms in total. The summed E-state index contributed by atoms with van der Waals surface area (Å²) in [6.45, 7) is 7.56. The molecule has 2 rings (SSSR count). The Labute approximate surface area is 119 Å². The molecule has 1 aromatic heterocycles. The molecule has 5 heteroatoms. The van der Waals surface area contributed by atoms with Gasteiger partial charge in [-0.25, -0.2) is 0 Å². The minimum absolute atomic E-state index is 0.00748. The highest BCUT2D eigenvalue weighted by atomic mass is 16.5. The molecule has 1 aliphatic heterocycles. The second-order valence-electron chi connectivity index (χ2n) is 5.75. The Bertz CT molecular complexity index is 466. The first-order chi connectivity index (χ1) is 9.46. The molecule has 112 valence electrons. The quantitative estimate of drug-likeness (QED) is 0.848. The van der Waals surface area contributed by atoms with E-state index >= 15 is 0 Å². The van der Waals surface area contributed by atoms with Gasteiger partial charge in [0.1, 0.15) is 5.76 Å². The Balaban J connectivity index is 2.16. The van der Waals surface area contributed by atoms with Gasteiger partial charge < -0.3 is 18.8 Å². The molecular weight excluding hydrogens is 258 g/mol. The van der Waals surface area contributed by atoms with Crippen LogP contribution in [0.5, 0.6) is 0 Å². The highest BCUT2D eigenvalue weighted by molar-refractivity contribution is 5.95. The van der Waals surface area contributed by atoms with Gasteiger partial charge in [0.2, 0.25) is 0 Å². The summed E-state index contributed by atoms with van der Waals surface area (Å²) in [5.74, 6) is 0.746. The summed E-state index contributed by atoms with van der Waals surface area (Å²) in [5.41, 5.74) is 0.286. The molecule has 0 aromatic carbocycles. The fourth-order valence-electron chi connectivity index (χ4n) is 2.70. The second kappa shape index (κ2) is 5.97. The number of furan rings is 1. The van der Waals surface area contributed by atoms with E-state index in [2.05, 4.69) is 0 Å². The maximum absolute atomic E-state index is 12.6. The summed E-state index contributed by atoms with van der Waals surface area (Å²) in [6.07, 6.45) is 2.19. The lowest BCUT2D eigenvalue weighted by Gasteiger charge is -2.42. The Hall–Kier alpha value is -1.33. The summed E-state index contributed by atoms with van der Waals surface area (Å²) >= 11 is 0. The molecule has 0 unspecified atom stereocenters. The van der Waals surface area contributed by atoms with Crippen LogP contribution in [0.3, 0.4) is 0 Å². The van der Waals surface area contributed by atoms with Crippen LogP contribution in [0.15, 0.2) is 16.7 Å². The Morgan fingerprint density at radius 3 is 2.95 bits per heavy atom. The molecule has 1 aromatic rings. The zero-order valence-corrected chi connectivity index (χ0v) is 12.6. The van der Waals surface area contributed by atoms with Crippen LogP contribution in [-0.4, -0.2) is 49.3 Å². The first-order valence-electron chi connectivity index (χ1n) is 6.99. The van der Waals surface area contributed by atoms with Gasteiger partial charge in [0, 0.05) is 26.6 Å². The molecule has 1 fully saturated rings. The number of hydrogen-bond donors (Lipinski definition) is 0. The lowest BCUT2D eigenvalue weighted by molar-refractivity contribution is -0.143. The second-order valence-corrected chi connectivity index (χ2v) is 5.75. The highest BCUT2D eigenvalue weighted by Gasteiger charge is 2.36. The number of morpholine rings is 1. The van der Waals surface area contributed by atoms with Gasteiger partial charge in [-0.05, 0) is 19.9 Å². The van der Waals surface area contributed by atoms with E-state index in [-0.39, 0.29) is 17.6 Å². The number of nitrogens with zero attached hydrogens (tertiary/aromatic N) is 1. The van der Waals surface area contributed by atoms with Crippen LogP contribution in [0.4, 0.5) is 0 Å². The van der Waals surface area contributed by atoms with Crippen LogP contribution in [0.1, 0.15) is 36.9 Å². The number of carbonyl (C=O) groups is 1. The van der Waals surface area contributed by atoms with Gasteiger partial charge in [0.15, 0.2) is 0 Å². The van der Waals surface area contributed by atoms with Crippen molar-refractivity contribution in [1.82, 2.24) is 4.90 Å². The number of aryl methyl sites for hydroxylation is 1. The van der Waals surface area contributed by atoms with Crippen LogP contribution in [0, 0.1) is 0 Å². The van der Waals surface area contributed by atoms with Crippen LogP contribution in [-0.2, 0) is 15.9 Å². The minimum atomic E-state index is -0.368. The average Bonchev–Trinajstić information content (AvgIpc) is 2.84. The Kier molecular flexibility index (Phi) is 4.50. The molecule has 1 aliphatic rings. The van der Waals surface area contributed by atoms with Gasteiger partial charge in [0.05, 0.1) is 30.1 Å². The van der Waals surface area contributed by atoms with E-state index in [4.69, 9.17) is 13.9 Å². The number of rotatable bonds is 4. The third-order valence-corrected chi connectivity index (χ3v) is 3.42. The summed E-state index contributed by atoms with van der Waals surface area (Å²) in [4.78, 5) is 14.5. The Morgan fingerprint density at radius 1 is 1.55 bits per heavy atom. The predicted molar refractivity (Wildman–Crippen MR) is 74.8 cm³/mol. The SMILES string of the molecule is CCc1occc1C(=O)N1C[C@H](COC)OC(C)(C)C1. The molecule has 0 N–H and O–H groups in total. The molecule has 0 saturated carbocycles. The van der Waals surface area contributed by atoms with Gasteiger partial charge in [-0.2, -0.15) is 0 Å². The zero-order valence-electron chi connectivity index (χ0n) is 12.6. The van der Waals surface area contributed by atoms with E-state index in [1.54, 1.807) is 19.4 Å². The van der Waals surface area contributed by atoms with E-state index in [1.807, 2.05) is 25.7 Å². The number of methoxy groups -OCH3 is 1. The molecule has 1 atom stereocenters. The average molecular weight is 281 g/mol. The van der Waals surface area contributed by atoms with Gasteiger partial charge in [-0.1, -0.05) is 6.92 Å². The van der Waals surface area contributed by atoms with Gasteiger partial charge in [-0.3, -0.25) is 4.79 Å². The van der Waals surface area contributed by atoms with Crippen molar-refractivity contribution in [3.8, 4) is 0 Å². The van der Waals surface area contributed by atoms with E-state index < -0.39 is 0 Å². The first kappa shape index (κ1) is 15.1. The van der Waals surface area contributed by atoms with Crippen molar-refractivity contribution >= 4 is 5.91 Å². The van der Waals surface area contributed by atoms with E-state index in [0.717, 1.165) is 5.76 Å². The van der Waals surface area contributed by atoms with Gasteiger partial charge in [-0.15, -0.1) is 0 Å². The zero-order chi connectivity index (χ0) is 14.8. The highest BCUT2D eigenvalue weighted by Crippen LogP contribution is 2.24.